The highest BCUT2D eigenvalue weighted by molar-refractivity contribution is 7.87. The van der Waals surface area contributed by atoms with E-state index in [1.807, 2.05) is 27.7 Å². The Bertz CT molecular complexity index is 2050. The summed E-state index contributed by atoms with van der Waals surface area (Å²) in [6.07, 6.45) is 0. The first-order chi connectivity index (χ1) is 20.7. The Morgan fingerprint density at radius 1 is 0.682 bits per heavy atom. The van der Waals surface area contributed by atoms with E-state index in [1.165, 1.54) is 48.5 Å². The van der Waals surface area contributed by atoms with E-state index in [0.717, 1.165) is 11.1 Å². The highest BCUT2D eigenvalue weighted by Crippen LogP contribution is 2.45. The van der Waals surface area contributed by atoms with Crippen molar-refractivity contribution in [2.75, 3.05) is 0 Å². The minimum absolute atomic E-state index is 0.0526. The molecule has 0 heterocycles. The van der Waals surface area contributed by atoms with Gasteiger partial charge in [-0.1, -0.05) is 64.1 Å². The number of phenolic OH excluding ortho intramolecular Hbond substituents is 4. The zero-order chi connectivity index (χ0) is 32.0. The molecular formula is C34H31N2O7S+. The van der Waals surface area contributed by atoms with E-state index in [9.17, 15) is 28.8 Å². The van der Waals surface area contributed by atoms with Gasteiger partial charge in [-0.05, 0) is 53.6 Å². The molecule has 0 unspecified atom stereocenters. The molecule has 224 valence electrons. The van der Waals surface area contributed by atoms with Gasteiger partial charge < -0.3 is 24.6 Å². The number of nitrogens with zero attached hydrogens (tertiary/aromatic N) is 2. The van der Waals surface area contributed by atoms with Crippen molar-refractivity contribution >= 4 is 26.6 Å². The van der Waals surface area contributed by atoms with Crippen molar-refractivity contribution in [2.24, 2.45) is 0 Å². The summed E-state index contributed by atoms with van der Waals surface area (Å²) >= 11 is 0. The fourth-order valence-corrected chi connectivity index (χ4v) is 6.61. The van der Waals surface area contributed by atoms with E-state index in [-0.39, 0.29) is 50.1 Å². The molecule has 0 saturated carbocycles. The second kappa shape index (κ2) is 10.8. The van der Waals surface area contributed by atoms with Gasteiger partial charge >= 0.3 is 15.8 Å². The number of hydrogen-bond acceptors (Lipinski definition) is 8. The van der Waals surface area contributed by atoms with E-state index in [0.29, 0.717) is 11.1 Å². The highest BCUT2D eigenvalue weighted by Gasteiger charge is 2.33. The topological polar surface area (TPSA) is 152 Å². The van der Waals surface area contributed by atoms with Crippen LogP contribution in [0.1, 0.15) is 49.9 Å². The SMILES string of the molecule is CC(C)(c1ccc(O)cc1)c1cc(C(C)(C)c2ccc(OS(=O)(=O)c3cccc4c(O)c([N+]#N)ccc34)cc2)c(O)cc1O. The maximum absolute atomic E-state index is 13.3. The molecule has 10 heteroatoms. The Morgan fingerprint density at radius 2 is 1.23 bits per heavy atom. The molecule has 4 N–H and O–H groups in total. The number of hydrogen-bond donors (Lipinski definition) is 4. The number of fused-ring (bicyclic) bond motifs is 1. The summed E-state index contributed by atoms with van der Waals surface area (Å²) in [7, 11) is -4.33. The van der Waals surface area contributed by atoms with Crippen molar-refractivity contribution in [2.45, 2.75) is 43.4 Å². The Kier molecular flexibility index (Phi) is 7.40. The lowest BCUT2D eigenvalue weighted by atomic mass is 9.72. The third-order valence-electron chi connectivity index (χ3n) is 8.18. The first kappa shape index (κ1) is 30.2. The summed E-state index contributed by atoms with van der Waals surface area (Å²) < 4.78 is 32.0. The first-order valence-electron chi connectivity index (χ1n) is 13.7. The molecule has 0 bridgehead atoms. The summed E-state index contributed by atoms with van der Waals surface area (Å²) in [4.78, 5) is 2.84. The second-order valence-corrected chi connectivity index (χ2v) is 13.1. The molecule has 0 radical (unpaired) electrons. The molecule has 44 heavy (non-hydrogen) atoms. The highest BCUT2D eigenvalue weighted by atomic mass is 32.2. The molecule has 0 aliphatic carbocycles. The molecular weight excluding hydrogens is 580 g/mol. The zero-order valence-electron chi connectivity index (χ0n) is 24.5. The molecule has 0 aliphatic rings. The van der Waals surface area contributed by atoms with Gasteiger partial charge in [-0.25, -0.2) is 0 Å². The van der Waals surface area contributed by atoms with Crippen LogP contribution in [0, 0.1) is 5.39 Å². The molecule has 0 aliphatic heterocycles. The normalized spacial score (nSPS) is 12.2. The van der Waals surface area contributed by atoms with Gasteiger partial charge in [0, 0.05) is 44.9 Å². The molecule has 5 aromatic carbocycles. The van der Waals surface area contributed by atoms with Crippen molar-refractivity contribution < 1.29 is 33.0 Å². The van der Waals surface area contributed by atoms with Crippen LogP contribution in [-0.4, -0.2) is 28.8 Å². The van der Waals surface area contributed by atoms with E-state index in [2.05, 4.69) is 4.98 Å². The van der Waals surface area contributed by atoms with Crippen LogP contribution in [0.3, 0.4) is 0 Å². The van der Waals surface area contributed by atoms with Crippen LogP contribution in [0.5, 0.6) is 28.7 Å². The fraction of sp³-hybridized carbons (Fsp3) is 0.176. The summed E-state index contributed by atoms with van der Waals surface area (Å²) in [6.45, 7) is 7.68. The number of diazo groups is 1. The summed E-state index contributed by atoms with van der Waals surface area (Å²) in [5, 5.41) is 51.3. The van der Waals surface area contributed by atoms with Crippen LogP contribution in [0.4, 0.5) is 5.69 Å². The molecule has 0 atom stereocenters. The maximum atomic E-state index is 13.3. The molecule has 9 nitrogen and oxygen atoms in total. The van der Waals surface area contributed by atoms with E-state index >= 15 is 0 Å². The van der Waals surface area contributed by atoms with Crippen LogP contribution >= 0.6 is 0 Å². The van der Waals surface area contributed by atoms with Crippen LogP contribution in [0.2, 0.25) is 0 Å². The monoisotopic (exact) mass is 611 g/mol. The van der Waals surface area contributed by atoms with Crippen LogP contribution in [0.15, 0.2) is 95.9 Å². The first-order valence-corrected chi connectivity index (χ1v) is 15.1. The van der Waals surface area contributed by atoms with Crippen molar-refractivity contribution in [3.63, 3.8) is 0 Å². The lowest BCUT2D eigenvalue weighted by Gasteiger charge is -2.32. The number of aromatic hydroxyl groups is 4. The van der Waals surface area contributed by atoms with E-state index < -0.39 is 20.9 Å². The number of phenols is 4. The Labute approximate surface area is 255 Å². The van der Waals surface area contributed by atoms with Gasteiger partial charge in [-0.15, -0.1) is 0 Å². The quantitative estimate of drug-likeness (QED) is 0.109. The summed E-state index contributed by atoms with van der Waals surface area (Å²) in [5.41, 5.74) is 1.17. The largest absolute Gasteiger partial charge is 0.508 e. The lowest BCUT2D eigenvalue weighted by Crippen LogP contribution is -2.23. The van der Waals surface area contributed by atoms with Gasteiger partial charge in [0.15, 0.2) is 4.98 Å². The van der Waals surface area contributed by atoms with Crippen molar-refractivity contribution in [1.29, 1.82) is 5.39 Å². The van der Waals surface area contributed by atoms with Crippen molar-refractivity contribution in [1.82, 2.24) is 0 Å². The van der Waals surface area contributed by atoms with E-state index in [4.69, 9.17) is 9.58 Å². The molecule has 0 aromatic heterocycles. The second-order valence-electron chi connectivity index (χ2n) is 11.6. The average molecular weight is 612 g/mol. The maximum Gasteiger partial charge on any atom is 0.426 e. The van der Waals surface area contributed by atoms with Crippen molar-refractivity contribution in [3.8, 4) is 28.7 Å². The van der Waals surface area contributed by atoms with Crippen LogP contribution in [-0.2, 0) is 20.9 Å². The van der Waals surface area contributed by atoms with Gasteiger partial charge in [0.1, 0.15) is 27.9 Å². The predicted octanol–water partition coefficient (Wildman–Crippen LogP) is 7.57. The number of benzene rings is 5. The minimum Gasteiger partial charge on any atom is -0.508 e. The molecule has 0 saturated heterocycles. The summed E-state index contributed by atoms with van der Waals surface area (Å²) in [5.74, 6) is -0.349. The molecule has 0 amide bonds. The third kappa shape index (κ3) is 5.23. The zero-order valence-corrected chi connectivity index (χ0v) is 25.3. The molecule has 0 spiro atoms. The van der Waals surface area contributed by atoms with Crippen molar-refractivity contribution in [3.05, 3.63) is 118 Å². The Morgan fingerprint density at radius 3 is 1.77 bits per heavy atom. The smallest absolute Gasteiger partial charge is 0.426 e. The Balaban J connectivity index is 1.47. The average Bonchev–Trinajstić information content (AvgIpc) is 2.97. The lowest BCUT2D eigenvalue weighted by molar-refractivity contribution is 0.424. The van der Waals surface area contributed by atoms with Crippen LogP contribution in [0.25, 0.3) is 15.7 Å². The van der Waals surface area contributed by atoms with Gasteiger partial charge in [-0.2, -0.15) is 8.42 Å². The van der Waals surface area contributed by atoms with Crippen LogP contribution < -0.4 is 4.18 Å². The molecule has 0 fully saturated rings. The standard InChI is InChI=1S/C34H30N2O7S/c1-33(2,20-8-12-22(37)13-9-20)26-18-27(30(39)19-29(26)38)34(3,4)21-10-14-23(15-11-21)43-44(41,42)31-7-5-6-25-24(31)16-17-28(36-35)32(25)40/h5-19H,1-4H3,(H3-,37,38,39,40)/p+1. The minimum atomic E-state index is -4.33. The van der Waals surface area contributed by atoms with Gasteiger partial charge in [0.25, 0.3) is 0 Å². The molecule has 5 aromatic rings. The summed E-state index contributed by atoms with van der Waals surface area (Å²) in [6, 6.07) is 23.3. The third-order valence-corrected chi connectivity index (χ3v) is 9.49. The van der Waals surface area contributed by atoms with E-state index in [1.54, 1.807) is 42.5 Å². The predicted molar refractivity (Wildman–Crippen MR) is 167 cm³/mol. The van der Waals surface area contributed by atoms with Gasteiger partial charge in [0.05, 0.1) is 0 Å². The Hall–Kier alpha value is -5.27. The van der Waals surface area contributed by atoms with Gasteiger partial charge in [-0.3, -0.25) is 0 Å². The fourth-order valence-electron chi connectivity index (χ4n) is 5.47. The number of rotatable bonds is 7. The van der Waals surface area contributed by atoms with Gasteiger partial charge in [0.2, 0.25) is 11.1 Å². The molecule has 5 rings (SSSR count).